The average Bonchev–Trinajstić information content (AvgIpc) is 2.59. The third-order valence-corrected chi connectivity index (χ3v) is 3.40. The molecule has 1 aromatic carbocycles. The highest BCUT2D eigenvalue weighted by Crippen LogP contribution is 2.14. The molecule has 0 saturated carbocycles. The average molecular weight is 295 g/mol. The number of carbonyl (C=O) groups excluding carboxylic acids is 1. The summed E-state index contributed by atoms with van der Waals surface area (Å²) in [6, 6.07) is 12.2. The number of aliphatic hydroxyl groups is 1. The van der Waals surface area contributed by atoms with Crippen molar-refractivity contribution in [2.45, 2.75) is 19.4 Å². The molecule has 2 N–H and O–H groups in total. The summed E-state index contributed by atoms with van der Waals surface area (Å²) >= 11 is 0. The first-order chi connectivity index (χ1) is 10.7. The van der Waals surface area contributed by atoms with Crippen molar-refractivity contribution in [3.8, 4) is 6.07 Å². The number of nitrogens with zero attached hydrogens (tertiary/aromatic N) is 2. The van der Waals surface area contributed by atoms with Crippen LogP contribution >= 0.6 is 0 Å². The molecule has 2 aromatic rings. The maximum absolute atomic E-state index is 12.1. The van der Waals surface area contributed by atoms with E-state index in [1.54, 1.807) is 0 Å². The van der Waals surface area contributed by atoms with Crippen LogP contribution in [0.3, 0.4) is 0 Å². The summed E-state index contributed by atoms with van der Waals surface area (Å²) in [6.07, 6.45) is 2.28. The van der Waals surface area contributed by atoms with Crippen LogP contribution in [-0.4, -0.2) is 22.6 Å². The molecule has 5 heteroatoms. The molecule has 22 heavy (non-hydrogen) atoms. The van der Waals surface area contributed by atoms with E-state index in [1.807, 2.05) is 30.3 Å². The van der Waals surface area contributed by atoms with Crippen LogP contribution in [0, 0.1) is 11.3 Å². The lowest BCUT2D eigenvalue weighted by Gasteiger charge is -2.17. The Balaban J connectivity index is 2.11. The summed E-state index contributed by atoms with van der Waals surface area (Å²) in [5.74, 6) is -0.386. The van der Waals surface area contributed by atoms with Crippen molar-refractivity contribution >= 4 is 5.91 Å². The van der Waals surface area contributed by atoms with Crippen LogP contribution in [0.15, 0.2) is 42.6 Å². The van der Waals surface area contributed by atoms with Crippen LogP contribution < -0.4 is 5.32 Å². The van der Waals surface area contributed by atoms with Gasteiger partial charge in [-0.25, -0.2) is 4.98 Å². The SMILES string of the molecule is CCc1ccc(C(CO)NC(=O)c2ccc(C#N)cn2)cc1. The van der Waals surface area contributed by atoms with Gasteiger partial charge >= 0.3 is 0 Å². The van der Waals surface area contributed by atoms with Gasteiger partial charge in [0.2, 0.25) is 0 Å². The van der Waals surface area contributed by atoms with Gasteiger partial charge in [0.1, 0.15) is 11.8 Å². The highest BCUT2D eigenvalue weighted by molar-refractivity contribution is 5.92. The van der Waals surface area contributed by atoms with E-state index in [2.05, 4.69) is 17.2 Å². The fraction of sp³-hybridized carbons (Fsp3) is 0.235. The van der Waals surface area contributed by atoms with E-state index in [0.717, 1.165) is 12.0 Å². The Morgan fingerprint density at radius 1 is 1.32 bits per heavy atom. The molecule has 1 unspecified atom stereocenters. The van der Waals surface area contributed by atoms with E-state index < -0.39 is 6.04 Å². The van der Waals surface area contributed by atoms with Gasteiger partial charge in [0.25, 0.3) is 5.91 Å². The van der Waals surface area contributed by atoms with Gasteiger partial charge in [0.05, 0.1) is 18.2 Å². The minimum absolute atomic E-state index is 0.201. The normalized spacial score (nSPS) is 11.5. The number of pyridine rings is 1. The van der Waals surface area contributed by atoms with Crippen LogP contribution in [-0.2, 0) is 6.42 Å². The second kappa shape index (κ2) is 7.34. The number of aliphatic hydroxyl groups excluding tert-OH is 1. The number of rotatable bonds is 5. The molecule has 1 heterocycles. The Morgan fingerprint density at radius 2 is 2.05 bits per heavy atom. The number of carbonyl (C=O) groups is 1. The minimum Gasteiger partial charge on any atom is -0.394 e. The van der Waals surface area contributed by atoms with Crippen molar-refractivity contribution in [3.63, 3.8) is 0 Å². The summed E-state index contributed by atoms with van der Waals surface area (Å²) in [7, 11) is 0. The molecule has 0 spiro atoms. The summed E-state index contributed by atoms with van der Waals surface area (Å²) in [5, 5.41) is 21.0. The van der Waals surface area contributed by atoms with Crippen molar-refractivity contribution in [2.75, 3.05) is 6.61 Å². The van der Waals surface area contributed by atoms with Gasteiger partial charge in [-0.2, -0.15) is 5.26 Å². The fourth-order valence-corrected chi connectivity index (χ4v) is 2.05. The molecule has 0 fully saturated rings. The van der Waals surface area contributed by atoms with E-state index in [-0.39, 0.29) is 18.2 Å². The highest BCUT2D eigenvalue weighted by atomic mass is 16.3. The van der Waals surface area contributed by atoms with E-state index >= 15 is 0 Å². The van der Waals surface area contributed by atoms with E-state index in [9.17, 15) is 9.90 Å². The smallest absolute Gasteiger partial charge is 0.270 e. The van der Waals surface area contributed by atoms with Crippen LogP contribution in [0.25, 0.3) is 0 Å². The number of amides is 1. The topological polar surface area (TPSA) is 86.0 Å². The number of hydrogen-bond donors (Lipinski definition) is 2. The molecule has 1 atom stereocenters. The fourth-order valence-electron chi connectivity index (χ4n) is 2.05. The molecule has 0 saturated heterocycles. The molecule has 1 aromatic heterocycles. The third-order valence-electron chi connectivity index (χ3n) is 3.40. The van der Waals surface area contributed by atoms with Gasteiger partial charge < -0.3 is 10.4 Å². The van der Waals surface area contributed by atoms with Crippen LogP contribution in [0.1, 0.15) is 40.1 Å². The lowest BCUT2D eigenvalue weighted by molar-refractivity contribution is 0.0911. The molecular weight excluding hydrogens is 278 g/mol. The molecule has 2 rings (SSSR count). The van der Waals surface area contributed by atoms with Crippen molar-refractivity contribution in [3.05, 3.63) is 65.0 Å². The standard InChI is InChI=1S/C17H17N3O2/c1-2-12-3-6-14(7-4-12)16(11-21)20-17(22)15-8-5-13(9-18)10-19-15/h3-8,10,16,21H,2,11H2,1H3,(H,20,22). The molecule has 1 amide bonds. The molecule has 0 aliphatic heterocycles. The van der Waals surface area contributed by atoms with E-state index in [0.29, 0.717) is 5.56 Å². The summed E-state index contributed by atoms with van der Waals surface area (Å²) in [6.45, 7) is 1.87. The number of aromatic nitrogens is 1. The zero-order valence-corrected chi connectivity index (χ0v) is 12.3. The monoisotopic (exact) mass is 295 g/mol. The lowest BCUT2D eigenvalue weighted by atomic mass is 10.0. The first-order valence-corrected chi connectivity index (χ1v) is 7.04. The quantitative estimate of drug-likeness (QED) is 0.883. The number of nitriles is 1. The number of nitrogens with one attached hydrogen (secondary N) is 1. The van der Waals surface area contributed by atoms with Crippen LogP contribution in [0.2, 0.25) is 0 Å². The Morgan fingerprint density at radius 3 is 2.55 bits per heavy atom. The molecule has 0 aliphatic rings. The van der Waals surface area contributed by atoms with E-state index in [4.69, 9.17) is 5.26 Å². The Bertz CT molecular complexity index is 673. The Hall–Kier alpha value is -2.71. The summed E-state index contributed by atoms with van der Waals surface area (Å²) < 4.78 is 0. The molecule has 5 nitrogen and oxygen atoms in total. The van der Waals surface area contributed by atoms with E-state index in [1.165, 1.54) is 23.9 Å². The Labute approximate surface area is 129 Å². The first kappa shape index (κ1) is 15.7. The van der Waals surface area contributed by atoms with Crippen molar-refractivity contribution in [1.29, 1.82) is 5.26 Å². The molecule has 0 bridgehead atoms. The zero-order chi connectivity index (χ0) is 15.9. The second-order valence-electron chi connectivity index (χ2n) is 4.85. The van der Waals surface area contributed by atoms with Gasteiger partial charge in [-0.3, -0.25) is 4.79 Å². The zero-order valence-electron chi connectivity index (χ0n) is 12.3. The van der Waals surface area contributed by atoms with Gasteiger partial charge in [0.15, 0.2) is 0 Å². The van der Waals surface area contributed by atoms with Gasteiger partial charge in [-0.05, 0) is 29.7 Å². The predicted octanol–water partition coefficient (Wildman–Crippen LogP) is 1.98. The lowest BCUT2D eigenvalue weighted by Crippen LogP contribution is -2.31. The third kappa shape index (κ3) is 3.68. The molecule has 112 valence electrons. The summed E-state index contributed by atoms with van der Waals surface area (Å²) in [4.78, 5) is 16.1. The molecule has 0 radical (unpaired) electrons. The van der Waals surface area contributed by atoms with Crippen molar-refractivity contribution in [1.82, 2.24) is 10.3 Å². The minimum atomic E-state index is -0.490. The number of aryl methyl sites for hydroxylation is 1. The Kier molecular flexibility index (Phi) is 5.23. The van der Waals surface area contributed by atoms with Crippen molar-refractivity contribution in [2.24, 2.45) is 0 Å². The highest BCUT2D eigenvalue weighted by Gasteiger charge is 2.15. The number of benzene rings is 1. The van der Waals surface area contributed by atoms with Crippen LogP contribution in [0.4, 0.5) is 0 Å². The number of hydrogen-bond acceptors (Lipinski definition) is 4. The predicted molar refractivity (Wildman–Crippen MR) is 82.1 cm³/mol. The van der Waals surface area contributed by atoms with Crippen LogP contribution in [0.5, 0.6) is 0 Å². The van der Waals surface area contributed by atoms with Crippen molar-refractivity contribution < 1.29 is 9.90 Å². The summed E-state index contributed by atoms with van der Waals surface area (Å²) in [5.41, 5.74) is 2.63. The van der Waals surface area contributed by atoms with Gasteiger partial charge in [-0.15, -0.1) is 0 Å². The largest absolute Gasteiger partial charge is 0.394 e. The van der Waals surface area contributed by atoms with Gasteiger partial charge in [-0.1, -0.05) is 31.2 Å². The first-order valence-electron chi connectivity index (χ1n) is 7.04. The second-order valence-corrected chi connectivity index (χ2v) is 4.85. The van der Waals surface area contributed by atoms with Gasteiger partial charge in [0, 0.05) is 6.20 Å². The maximum atomic E-state index is 12.1. The maximum Gasteiger partial charge on any atom is 0.270 e. The molecule has 0 aliphatic carbocycles. The molecular formula is C17H17N3O2.